The van der Waals surface area contributed by atoms with Gasteiger partial charge in [-0.2, -0.15) is 0 Å². The number of carbonyl (C=O) groups is 2. The highest BCUT2D eigenvalue weighted by atomic mass is 32.2. The van der Waals surface area contributed by atoms with Gasteiger partial charge in [0.2, 0.25) is 5.91 Å². The second-order valence-corrected chi connectivity index (χ2v) is 6.49. The molecule has 1 N–H and O–H groups in total. The lowest BCUT2D eigenvalue weighted by molar-refractivity contribution is -0.306. The Morgan fingerprint density at radius 3 is 2.54 bits per heavy atom. The van der Waals surface area contributed by atoms with Crippen LogP contribution < -0.4 is 15.2 Å². The molecule has 2 aromatic heterocycles. The average Bonchev–Trinajstić information content (AvgIpc) is 3.10. The monoisotopic (exact) mass is 398 g/mol. The van der Waals surface area contributed by atoms with Gasteiger partial charge in [-0.15, -0.1) is 5.10 Å². The van der Waals surface area contributed by atoms with E-state index in [0.29, 0.717) is 28.0 Å². The molecule has 0 aliphatic heterocycles. The highest BCUT2D eigenvalue weighted by Crippen LogP contribution is 2.22. The number of thioether (sulfide) groups is 1. The minimum Gasteiger partial charge on any atom is -0.548 e. The Hall–Kier alpha value is -3.40. The molecule has 0 saturated carbocycles. The largest absolute Gasteiger partial charge is 0.548 e. The Balaban J connectivity index is 1.68. The molecule has 0 bridgehead atoms. The fraction of sp³-hybridized carbons (Fsp3) is 0.167. The van der Waals surface area contributed by atoms with Gasteiger partial charge in [-0.25, -0.2) is 9.67 Å². The maximum atomic E-state index is 12.2. The van der Waals surface area contributed by atoms with Crippen molar-refractivity contribution in [3.05, 3.63) is 48.8 Å². The van der Waals surface area contributed by atoms with Gasteiger partial charge < -0.3 is 20.0 Å². The van der Waals surface area contributed by atoms with Crippen LogP contribution in [0.15, 0.2) is 53.9 Å². The second-order valence-electron chi connectivity index (χ2n) is 5.55. The SMILES string of the molecule is COc1ccc(NC(=O)CSc2nc(-c3ccncc3)nn2CC(=O)[O-])cc1. The average molecular weight is 398 g/mol. The van der Waals surface area contributed by atoms with Crippen LogP contribution in [0.1, 0.15) is 0 Å². The number of carboxylic acid groups (broad SMARTS) is 1. The molecule has 0 unspecified atom stereocenters. The standard InChI is InChI=1S/C18H17N5O4S/c1-27-14-4-2-13(3-5-14)20-15(24)11-28-18-21-17(12-6-8-19-9-7-12)22-23(18)10-16(25)26/h2-9H,10-11H2,1H3,(H,20,24)(H,25,26)/p-1. The van der Waals surface area contributed by atoms with Crippen molar-refractivity contribution < 1.29 is 19.4 Å². The van der Waals surface area contributed by atoms with Crippen molar-refractivity contribution in [2.75, 3.05) is 18.2 Å². The fourth-order valence-electron chi connectivity index (χ4n) is 2.28. The lowest BCUT2D eigenvalue weighted by Crippen LogP contribution is -2.28. The first-order valence-electron chi connectivity index (χ1n) is 8.17. The topological polar surface area (TPSA) is 122 Å². The summed E-state index contributed by atoms with van der Waals surface area (Å²) in [5.74, 6) is -0.486. The van der Waals surface area contributed by atoms with E-state index in [1.807, 2.05) is 0 Å². The van der Waals surface area contributed by atoms with E-state index in [1.165, 1.54) is 4.68 Å². The molecule has 1 amide bonds. The van der Waals surface area contributed by atoms with Crippen LogP contribution in [0, 0.1) is 0 Å². The lowest BCUT2D eigenvalue weighted by atomic mass is 10.3. The normalized spacial score (nSPS) is 10.5. The Morgan fingerprint density at radius 2 is 1.89 bits per heavy atom. The van der Waals surface area contributed by atoms with E-state index in [-0.39, 0.29) is 11.7 Å². The first kappa shape index (κ1) is 19.4. The molecule has 0 fully saturated rings. The molecular formula is C18H16N5O4S-. The molecule has 9 nitrogen and oxygen atoms in total. The first-order valence-corrected chi connectivity index (χ1v) is 9.15. The number of rotatable bonds is 8. The molecule has 3 rings (SSSR count). The van der Waals surface area contributed by atoms with Crippen LogP contribution in [0.2, 0.25) is 0 Å². The molecule has 0 radical (unpaired) electrons. The van der Waals surface area contributed by atoms with Gasteiger partial charge in [0.15, 0.2) is 11.0 Å². The van der Waals surface area contributed by atoms with Gasteiger partial charge in [0.05, 0.1) is 25.4 Å². The predicted octanol–water partition coefficient (Wildman–Crippen LogP) is 0.829. The van der Waals surface area contributed by atoms with E-state index in [0.717, 1.165) is 11.8 Å². The molecule has 144 valence electrons. The number of carbonyl (C=O) groups excluding carboxylic acids is 2. The second kappa shape index (κ2) is 9.00. The van der Waals surface area contributed by atoms with Gasteiger partial charge in [-0.05, 0) is 36.4 Å². The molecule has 0 aliphatic rings. The van der Waals surface area contributed by atoms with Crippen LogP contribution in [-0.2, 0) is 16.1 Å². The molecule has 3 aromatic rings. The van der Waals surface area contributed by atoms with Crippen molar-refractivity contribution in [1.29, 1.82) is 0 Å². The minimum atomic E-state index is -1.30. The fourth-order valence-corrected chi connectivity index (χ4v) is 3.02. The van der Waals surface area contributed by atoms with Gasteiger partial charge >= 0.3 is 0 Å². The van der Waals surface area contributed by atoms with Gasteiger partial charge in [0.1, 0.15) is 5.75 Å². The molecular weight excluding hydrogens is 382 g/mol. The summed E-state index contributed by atoms with van der Waals surface area (Å²) in [6, 6.07) is 10.3. The molecule has 1 aromatic carbocycles. The van der Waals surface area contributed by atoms with Crippen molar-refractivity contribution in [3.8, 4) is 17.1 Å². The maximum Gasteiger partial charge on any atom is 0.234 e. The summed E-state index contributed by atoms with van der Waals surface area (Å²) in [7, 11) is 1.56. The number of anilines is 1. The van der Waals surface area contributed by atoms with Crippen LogP contribution in [0.5, 0.6) is 5.75 Å². The Labute approximate surface area is 164 Å². The summed E-state index contributed by atoms with van der Waals surface area (Å²) in [5, 5.41) is 18.2. The summed E-state index contributed by atoms with van der Waals surface area (Å²) in [6.07, 6.45) is 3.17. The van der Waals surface area contributed by atoms with Crippen LogP contribution in [-0.4, -0.2) is 44.5 Å². The summed E-state index contributed by atoms with van der Waals surface area (Å²) >= 11 is 1.09. The number of aliphatic carboxylic acids is 1. The number of nitrogens with zero attached hydrogens (tertiary/aromatic N) is 4. The van der Waals surface area contributed by atoms with Crippen molar-refractivity contribution in [2.45, 2.75) is 11.7 Å². The van der Waals surface area contributed by atoms with Crippen molar-refractivity contribution >= 4 is 29.3 Å². The van der Waals surface area contributed by atoms with E-state index >= 15 is 0 Å². The van der Waals surface area contributed by atoms with Crippen molar-refractivity contribution in [1.82, 2.24) is 19.7 Å². The third-order valence-corrected chi connectivity index (χ3v) is 4.53. The Morgan fingerprint density at radius 1 is 1.18 bits per heavy atom. The molecule has 0 atom stereocenters. The first-order chi connectivity index (χ1) is 13.5. The smallest absolute Gasteiger partial charge is 0.234 e. The number of nitrogens with one attached hydrogen (secondary N) is 1. The molecule has 10 heteroatoms. The number of methoxy groups -OCH3 is 1. The van der Waals surface area contributed by atoms with Crippen molar-refractivity contribution in [2.24, 2.45) is 0 Å². The van der Waals surface area contributed by atoms with Crippen LogP contribution >= 0.6 is 11.8 Å². The van der Waals surface area contributed by atoms with E-state index in [4.69, 9.17) is 4.74 Å². The van der Waals surface area contributed by atoms with Crippen LogP contribution in [0.4, 0.5) is 5.69 Å². The van der Waals surface area contributed by atoms with Crippen LogP contribution in [0.25, 0.3) is 11.4 Å². The molecule has 0 aliphatic carbocycles. The number of amides is 1. The van der Waals surface area contributed by atoms with Gasteiger partial charge in [-0.3, -0.25) is 9.78 Å². The molecule has 28 heavy (non-hydrogen) atoms. The van der Waals surface area contributed by atoms with Crippen LogP contribution in [0.3, 0.4) is 0 Å². The molecule has 2 heterocycles. The van der Waals surface area contributed by atoms with E-state index in [1.54, 1.807) is 55.9 Å². The lowest BCUT2D eigenvalue weighted by Gasteiger charge is -2.07. The predicted molar refractivity (Wildman–Crippen MR) is 101 cm³/mol. The van der Waals surface area contributed by atoms with Gasteiger partial charge in [0.25, 0.3) is 0 Å². The van der Waals surface area contributed by atoms with E-state index in [9.17, 15) is 14.7 Å². The zero-order chi connectivity index (χ0) is 19.9. The summed E-state index contributed by atoms with van der Waals surface area (Å²) in [6.45, 7) is -0.458. The highest BCUT2D eigenvalue weighted by molar-refractivity contribution is 7.99. The number of hydrogen-bond donors (Lipinski definition) is 1. The molecule has 0 spiro atoms. The number of aromatic nitrogens is 4. The zero-order valence-corrected chi connectivity index (χ0v) is 15.7. The number of carboxylic acids is 1. The number of pyridine rings is 1. The Bertz CT molecular complexity index is 960. The van der Waals surface area contributed by atoms with E-state index < -0.39 is 12.5 Å². The Kier molecular flexibility index (Phi) is 6.22. The summed E-state index contributed by atoms with van der Waals surface area (Å²) in [4.78, 5) is 31.4. The third kappa shape index (κ3) is 5.07. The van der Waals surface area contributed by atoms with Crippen molar-refractivity contribution in [3.63, 3.8) is 0 Å². The summed E-state index contributed by atoms with van der Waals surface area (Å²) < 4.78 is 6.28. The summed E-state index contributed by atoms with van der Waals surface area (Å²) in [5.41, 5.74) is 1.32. The van der Waals surface area contributed by atoms with E-state index in [2.05, 4.69) is 20.4 Å². The van der Waals surface area contributed by atoms with Gasteiger partial charge in [-0.1, -0.05) is 11.8 Å². The number of hydrogen-bond acceptors (Lipinski definition) is 8. The third-order valence-electron chi connectivity index (χ3n) is 3.56. The number of benzene rings is 1. The maximum absolute atomic E-state index is 12.2. The highest BCUT2D eigenvalue weighted by Gasteiger charge is 2.14. The number of ether oxygens (including phenoxy) is 1. The van der Waals surface area contributed by atoms with Gasteiger partial charge in [0, 0.05) is 23.6 Å². The molecule has 0 saturated heterocycles. The zero-order valence-electron chi connectivity index (χ0n) is 14.9. The quantitative estimate of drug-likeness (QED) is 0.554. The minimum absolute atomic E-state index is 0.0353.